The highest BCUT2D eigenvalue weighted by atomic mass is 16.5. The molecule has 0 radical (unpaired) electrons. The molecule has 1 aromatic rings. The summed E-state index contributed by atoms with van der Waals surface area (Å²) in [6.45, 7) is 5.05. The number of ether oxygens (including phenoxy) is 1. The van der Waals surface area contributed by atoms with Crippen LogP contribution in [0.15, 0.2) is 12.6 Å². The first-order chi connectivity index (χ1) is 5.90. The molecule has 0 unspecified atom stereocenters. The van der Waals surface area contributed by atoms with Gasteiger partial charge in [0.25, 0.3) is 0 Å². The van der Waals surface area contributed by atoms with Crippen LogP contribution >= 0.6 is 0 Å². The Morgan fingerprint density at radius 2 is 2.42 bits per heavy atom. The van der Waals surface area contributed by atoms with Crippen LogP contribution in [0, 0.1) is 0 Å². The van der Waals surface area contributed by atoms with E-state index in [1.807, 2.05) is 6.07 Å². The second kappa shape index (κ2) is 3.03. The van der Waals surface area contributed by atoms with E-state index in [1.165, 1.54) is 0 Å². The van der Waals surface area contributed by atoms with Gasteiger partial charge in [-0.15, -0.1) is 0 Å². The molecule has 0 N–H and O–H groups in total. The standard InChI is InChI=1S/C9H10N2O/c1-2-8-5-7-6-12-4-3-9(7)11-10-8/h2,5H,1,3-4,6H2. The predicted octanol–water partition coefficient (Wildman–Crippen LogP) is 1.19. The molecule has 2 heterocycles. The lowest BCUT2D eigenvalue weighted by Gasteiger charge is -2.14. The summed E-state index contributed by atoms with van der Waals surface area (Å²) < 4.78 is 5.29. The number of hydrogen-bond donors (Lipinski definition) is 0. The fraction of sp³-hybridized carbons (Fsp3) is 0.333. The molecule has 0 amide bonds. The first-order valence-corrected chi connectivity index (χ1v) is 3.96. The van der Waals surface area contributed by atoms with E-state index in [4.69, 9.17) is 4.74 Å². The highest BCUT2D eigenvalue weighted by Crippen LogP contribution is 2.14. The molecule has 62 valence electrons. The van der Waals surface area contributed by atoms with Gasteiger partial charge in [-0.2, -0.15) is 10.2 Å². The van der Waals surface area contributed by atoms with Crippen molar-refractivity contribution >= 4 is 6.08 Å². The molecule has 0 saturated carbocycles. The Morgan fingerprint density at radius 1 is 1.50 bits per heavy atom. The number of hydrogen-bond acceptors (Lipinski definition) is 3. The van der Waals surface area contributed by atoms with Gasteiger partial charge in [-0.05, 0) is 12.1 Å². The summed E-state index contributed by atoms with van der Waals surface area (Å²) in [5.74, 6) is 0. The van der Waals surface area contributed by atoms with E-state index in [1.54, 1.807) is 6.08 Å². The van der Waals surface area contributed by atoms with Gasteiger partial charge in [-0.25, -0.2) is 0 Å². The molecule has 3 nitrogen and oxygen atoms in total. The molecule has 0 aromatic carbocycles. The van der Waals surface area contributed by atoms with Crippen LogP contribution in [0.5, 0.6) is 0 Å². The molecule has 0 aliphatic carbocycles. The quantitative estimate of drug-likeness (QED) is 0.622. The number of aromatic nitrogens is 2. The molecule has 2 rings (SSSR count). The lowest BCUT2D eigenvalue weighted by molar-refractivity contribution is 0.108. The average Bonchev–Trinajstić information content (AvgIpc) is 2.17. The molecule has 3 heteroatoms. The third kappa shape index (κ3) is 1.23. The molecule has 1 aliphatic heterocycles. The summed E-state index contributed by atoms with van der Waals surface area (Å²) in [4.78, 5) is 0. The maximum Gasteiger partial charge on any atom is 0.0855 e. The lowest BCUT2D eigenvalue weighted by atomic mass is 10.1. The van der Waals surface area contributed by atoms with Crippen molar-refractivity contribution in [1.29, 1.82) is 0 Å². The number of nitrogens with zero attached hydrogens (tertiary/aromatic N) is 2. The first kappa shape index (κ1) is 7.43. The summed E-state index contributed by atoms with van der Waals surface area (Å²) in [6, 6.07) is 1.98. The van der Waals surface area contributed by atoms with Gasteiger partial charge < -0.3 is 4.74 Å². The summed E-state index contributed by atoms with van der Waals surface area (Å²) in [5.41, 5.74) is 3.03. The predicted molar refractivity (Wildman–Crippen MR) is 45.5 cm³/mol. The fourth-order valence-corrected chi connectivity index (χ4v) is 1.26. The van der Waals surface area contributed by atoms with Crippen LogP contribution in [0.1, 0.15) is 17.0 Å². The summed E-state index contributed by atoms with van der Waals surface area (Å²) in [7, 11) is 0. The fourth-order valence-electron chi connectivity index (χ4n) is 1.26. The van der Waals surface area contributed by atoms with E-state index in [0.29, 0.717) is 6.61 Å². The molecule has 1 aromatic heterocycles. The minimum Gasteiger partial charge on any atom is -0.376 e. The van der Waals surface area contributed by atoms with Crippen LogP contribution < -0.4 is 0 Å². The SMILES string of the molecule is C=Cc1cc2c(nn1)CCOC2. The van der Waals surface area contributed by atoms with E-state index in [0.717, 1.165) is 30.0 Å². The van der Waals surface area contributed by atoms with Crippen LogP contribution in [0.3, 0.4) is 0 Å². The summed E-state index contributed by atoms with van der Waals surface area (Å²) in [6.07, 6.45) is 2.57. The topological polar surface area (TPSA) is 35.0 Å². The number of rotatable bonds is 1. The van der Waals surface area contributed by atoms with E-state index in [9.17, 15) is 0 Å². The largest absolute Gasteiger partial charge is 0.376 e. The normalized spacial score (nSPS) is 15.3. The van der Waals surface area contributed by atoms with Gasteiger partial charge in [0.2, 0.25) is 0 Å². The van der Waals surface area contributed by atoms with Crippen LogP contribution in [0.2, 0.25) is 0 Å². The van der Waals surface area contributed by atoms with Gasteiger partial charge in [0, 0.05) is 12.0 Å². The third-order valence-electron chi connectivity index (χ3n) is 1.93. The maximum absolute atomic E-state index is 5.29. The number of fused-ring (bicyclic) bond motifs is 1. The van der Waals surface area contributed by atoms with E-state index < -0.39 is 0 Å². The first-order valence-electron chi connectivity index (χ1n) is 3.96. The maximum atomic E-state index is 5.29. The Hall–Kier alpha value is -1.22. The van der Waals surface area contributed by atoms with Crippen molar-refractivity contribution in [2.75, 3.05) is 6.61 Å². The highest BCUT2D eigenvalue weighted by Gasteiger charge is 2.10. The van der Waals surface area contributed by atoms with Gasteiger partial charge in [0.15, 0.2) is 0 Å². The van der Waals surface area contributed by atoms with Gasteiger partial charge in [0.1, 0.15) is 0 Å². The molecular formula is C9H10N2O. The van der Waals surface area contributed by atoms with Crippen molar-refractivity contribution in [2.24, 2.45) is 0 Å². The molecular weight excluding hydrogens is 152 g/mol. The molecule has 0 atom stereocenters. The van der Waals surface area contributed by atoms with E-state index in [-0.39, 0.29) is 0 Å². The Kier molecular flexibility index (Phi) is 1.87. The zero-order valence-electron chi connectivity index (χ0n) is 6.79. The molecule has 0 spiro atoms. The molecule has 0 saturated heterocycles. The Balaban J connectivity index is 2.42. The van der Waals surface area contributed by atoms with Gasteiger partial charge >= 0.3 is 0 Å². The lowest BCUT2D eigenvalue weighted by Crippen LogP contribution is -2.12. The summed E-state index contributed by atoms with van der Waals surface area (Å²) in [5, 5.41) is 8.08. The highest BCUT2D eigenvalue weighted by molar-refractivity contribution is 5.42. The van der Waals surface area contributed by atoms with Crippen molar-refractivity contribution in [3.05, 3.63) is 29.6 Å². The van der Waals surface area contributed by atoms with Crippen molar-refractivity contribution in [3.63, 3.8) is 0 Å². The van der Waals surface area contributed by atoms with Crippen molar-refractivity contribution in [2.45, 2.75) is 13.0 Å². The van der Waals surface area contributed by atoms with Gasteiger partial charge in [-0.3, -0.25) is 0 Å². The van der Waals surface area contributed by atoms with Crippen molar-refractivity contribution < 1.29 is 4.74 Å². The monoisotopic (exact) mass is 162 g/mol. The zero-order chi connectivity index (χ0) is 8.39. The van der Waals surface area contributed by atoms with E-state index in [2.05, 4.69) is 16.8 Å². The molecule has 0 bridgehead atoms. The third-order valence-corrected chi connectivity index (χ3v) is 1.93. The van der Waals surface area contributed by atoms with Gasteiger partial charge in [-0.1, -0.05) is 6.58 Å². The van der Waals surface area contributed by atoms with Crippen molar-refractivity contribution in [1.82, 2.24) is 10.2 Å². The van der Waals surface area contributed by atoms with Crippen molar-refractivity contribution in [3.8, 4) is 0 Å². The molecule has 0 fully saturated rings. The van der Waals surface area contributed by atoms with Crippen LogP contribution in [0.4, 0.5) is 0 Å². The second-order valence-electron chi connectivity index (χ2n) is 2.75. The van der Waals surface area contributed by atoms with E-state index >= 15 is 0 Å². The minimum absolute atomic E-state index is 0.658. The Morgan fingerprint density at radius 3 is 3.25 bits per heavy atom. The van der Waals surface area contributed by atoms with Crippen LogP contribution in [-0.4, -0.2) is 16.8 Å². The minimum atomic E-state index is 0.658. The van der Waals surface area contributed by atoms with Crippen LogP contribution in [-0.2, 0) is 17.8 Å². The van der Waals surface area contributed by atoms with Crippen LogP contribution in [0.25, 0.3) is 6.08 Å². The molecule has 12 heavy (non-hydrogen) atoms. The zero-order valence-corrected chi connectivity index (χ0v) is 6.79. The second-order valence-corrected chi connectivity index (χ2v) is 2.75. The average molecular weight is 162 g/mol. The molecule has 1 aliphatic rings. The Labute approximate surface area is 71.1 Å². The van der Waals surface area contributed by atoms with Gasteiger partial charge in [0.05, 0.1) is 24.6 Å². The summed E-state index contributed by atoms with van der Waals surface area (Å²) >= 11 is 0. The Bertz CT molecular complexity index is 309. The smallest absolute Gasteiger partial charge is 0.0855 e.